The minimum absolute atomic E-state index is 0.126. The van der Waals surface area contributed by atoms with Crippen molar-refractivity contribution in [1.82, 2.24) is 5.32 Å². The Morgan fingerprint density at radius 2 is 1.68 bits per heavy atom. The molecule has 1 fully saturated rings. The van der Waals surface area contributed by atoms with E-state index in [9.17, 15) is 5.11 Å². The summed E-state index contributed by atoms with van der Waals surface area (Å²) in [5.41, 5.74) is 3.49. The van der Waals surface area contributed by atoms with E-state index in [0.717, 1.165) is 31.4 Å². The quantitative estimate of drug-likeness (QED) is 0.728. The van der Waals surface area contributed by atoms with Gasteiger partial charge in [0.2, 0.25) is 0 Å². The van der Waals surface area contributed by atoms with Gasteiger partial charge in [0.05, 0.1) is 6.10 Å². The van der Waals surface area contributed by atoms with E-state index in [1.807, 2.05) is 0 Å². The number of aliphatic hydroxyl groups excluding tert-OH is 1. The zero-order chi connectivity index (χ0) is 13.8. The Kier molecular flexibility index (Phi) is 4.77. The standard InChI is InChI=1S/C15H22N2OS/c1-10-7-11(2)9-13(8-10)17-15(19)16-12-3-5-14(18)6-4-12/h7-9,12,14,18H,3-6H2,1-2H3,(H2,16,17,19). The highest BCUT2D eigenvalue weighted by atomic mass is 32.1. The van der Waals surface area contributed by atoms with E-state index < -0.39 is 0 Å². The van der Waals surface area contributed by atoms with E-state index in [4.69, 9.17) is 12.2 Å². The lowest BCUT2D eigenvalue weighted by molar-refractivity contribution is 0.120. The van der Waals surface area contributed by atoms with Gasteiger partial charge in [0.15, 0.2) is 5.11 Å². The zero-order valence-electron chi connectivity index (χ0n) is 11.6. The lowest BCUT2D eigenvalue weighted by Gasteiger charge is -2.27. The lowest BCUT2D eigenvalue weighted by atomic mass is 9.93. The first-order valence-electron chi connectivity index (χ1n) is 6.87. The Hall–Kier alpha value is -1.13. The molecule has 1 aromatic carbocycles. The maximum absolute atomic E-state index is 9.48. The van der Waals surface area contributed by atoms with Crippen LogP contribution in [0.4, 0.5) is 5.69 Å². The summed E-state index contributed by atoms with van der Waals surface area (Å²) >= 11 is 5.35. The molecule has 104 valence electrons. The molecule has 4 heteroatoms. The SMILES string of the molecule is Cc1cc(C)cc(NC(=S)NC2CCC(O)CC2)c1. The number of benzene rings is 1. The van der Waals surface area contributed by atoms with Gasteiger partial charge in [-0.25, -0.2) is 0 Å². The summed E-state index contributed by atoms with van der Waals surface area (Å²) in [6.45, 7) is 4.16. The number of hydrogen-bond acceptors (Lipinski definition) is 2. The predicted molar refractivity (Wildman–Crippen MR) is 83.5 cm³/mol. The molecule has 1 aliphatic rings. The van der Waals surface area contributed by atoms with E-state index in [1.54, 1.807) is 0 Å². The monoisotopic (exact) mass is 278 g/mol. The van der Waals surface area contributed by atoms with Crippen molar-refractivity contribution in [2.45, 2.75) is 51.7 Å². The summed E-state index contributed by atoms with van der Waals surface area (Å²) < 4.78 is 0. The highest BCUT2D eigenvalue weighted by molar-refractivity contribution is 7.80. The Morgan fingerprint density at radius 3 is 2.26 bits per heavy atom. The lowest BCUT2D eigenvalue weighted by Crippen LogP contribution is -2.40. The average molecular weight is 278 g/mol. The molecule has 2 rings (SSSR count). The summed E-state index contributed by atoms with van der Waals surface area (Å²) in [5, 5.41) is 16.7. The Labute approximate surface area is 120 Å². The van der Waals surface area contributed by atoms with Crippen LogP contribution in [-0.4, -0.2) is 22.4 Å². The number of aryl methyl sites for hydroxylation is 2. The van der Waals surface area contributed by atoms with Crippen LogP contribution < -0.4 is 10.6 Å². The number of nitrogens with one attached hydrogen (secondary N) is 2. The van der Waals surface area contributed by atoms with Gasteiger partial charge in [0.25, 0.3) is 0 Å². The van der Waals surface area contributed by atoms with Crippen LogP contribution in [0.3, 0.4) is 0 Å². The third kappa shape index (κ3) is 4.48. The molecule has 0 amide bonds. The fraction of sp³-hybridized carbons (Fsp3) is 0.533. The normalized spacial score (nSPS) is 22.9. The van der Waals surface area contributed by atoms with E-state index in [0.29, 0.717) is 11.2 Å². The second-order valence-corrected chi connectivity index (χ2v) is 5.89. The largest absolute Gasteiger partial charge is 0.393 e. The molecule has 1 saturated carbocycles. The van der Waals surface area contributed by atoms with Crippen LogP contribution in [0, 0.1) is 13.8 Å². The van der Waals surface area contributed by atoms with Crippen molar-refractivity contribution in [3.8, 4) is 0 Å². The second kappa shape index (κ2) is 6.35. The summed E-state index contributed by atoms with van der Waals surface area (Å²) in [5.74, 6) is 0. The molecule has 0 aliphatic heterocycles. The fourth-order valence-corrected chi connectivity index (χ4v) is 2.90. The van der Waals surface area contributed by atoms with Gasteiger partial charge >= 0.3 is 0 Å². The Morgan fingerprint density at radius 1 is 1.11 bits per heavy atom. The summed E-state index contributed by atoms with van der Waals surface area (Å²) in [7, 11) is 0. The molecule has 0 heterocycles. The van der Waals surface area contributed by atoms with Crippen LogP contribution in [0.1, 0.15) is 36.8 Å². The molecule has 0 radical (unpaired) electrons. The summed E-state index contributed by atoms with van der Waals surface area (Å²) in [6, 6.07) is 6.70. The fourth-order valence-electron chi connectivity index (χ4n) is 2.62. The molecule has 0 aromatic heterocycles. The number of thiocarbonyl (C=S) groups is 1. The van der Waals surface area contributed by atoms with Gasteiger partial charge in [-0.15, -0.1) is 0 Å². The molecule has 19 heavy (non-hydrogen) atoms. The van der Waals surface area contributed by atoms with Crippen molar-refractivity contribution < 1.29 is 5.11 Å². The maximum atomic E-state index is 9.48. The van der Waals surface area contributed by atoms with Gasteiger partial charge in [-0.1, -0.05) is 6.07 Å². The van der Waals surface area contributed by atoms with Gasteiger partial charge in [0, 0.05) is 11.7 Å². The average Bonchev–Trinajstić information content (AvgIpc) is 2.30. The number of rotatable bonds is 2. The van der Waals surface area contributed by atoms with Crippen LogP contribution in [0.25, 0.3) is 0 Å². The molecule has 3 N–H and O–H groups in total. The summed E-state index contributed by atoms with van der Waals surface area (Å²) in [6.07, 6.45) is 3.57. The second-order valence-electron chi connectivity index (χ2n) is 5.48. The van der Waals surface area contributed by atoms with Gasteiger partial charge in [0.1, 0.15) is 0 Å². The number of aliphatic hydroxyl groups is 1. The molecule has 3 nitrogen and oxygen atoms in total. The molecule has 1 aliphatic carbocycles. The Bertz CT molecular complexity index is 433. The van der Waals surface area contributed by atoms with Crippen LogP contribution in [0.15, 0.2) is 18.2 Å². The first kappa shape index (κ1) is 14.3. The van der Waals surface area contributed by atoms with E-state index >= 15 is 0 Å². The topological polar surface area (TPSA) is 44.3 Å². The third-order valence-electron chi connectivity index (χ3n) is 3.51. The van der Waals surface area contributed by atoms with Crippen molar-refractivity contribution in [2.24, 2.45) is 0 Å². The zero-order valence-corrected chi connectivity index (χ0v) is 12.4. The highest BCUT2D eigenvalue weighted by Gasteiger charge is 2.19. The maximum Gasteiger partial charge on any atom is 0.170 e. The van der Waals surface area contributed by atoms with E-state index in [-0.39, 0.29) is 6.10 Å². The van der Waals surface area contributed by atoms with Crippen LogP contribution in [0.5, 0.6) is 0 Å². The molecule has 0 unspecified atom stereocenters. The number of anilines is 1. The first-order chi connectivity index (χ1) is 9.02. The van der Waals surface area contributed by atoms with Crippen LogP contribution in [0.2, 0.25) is 0 Å². The molecule has 0 saturated heterocycles. The molecule has 0 bridgehead atoms. The smallest absolute Gasteiger partial charge is 0.170 e. The van der Waals surface area contributed by atoms with Gasteiger partial charge in [-0.3, -0.25) is 0 Å². The third-order valence-corrected chi connectivity index (χ3v) is 3.73. The van der Waals surface area contributed by atoms with Crippen molar-refractivity contribution in [1.29, 1.82) is 0 Å². The van der Waals surface area contributed by atoms with Gasteiger partial charge < -0.3 is 15.7 Å². The highest BCUT2D eigenvalue weighted by Crippen LogP contribution is 2.19. The minimum Gasteiger partial charge on any atom is -0.393 e. The molecule has 1 aromatic rings. The van der Waals surface area contributed by atoms with Crippen LogP contribution in [-0.2, 0) is 0 Å². The van der Waals surface area contributed by atoms with Gasteiger partial charge in [-0.05, 0) is 75.0 Å². The van der Waals surface area contributed by atoms with Crippen molar-refractivity contribution in [3.63, 3.8) is 0 Å². The van der Waals surface area contributed by atoms with Gasteiger partial charge in [-0.2, -0.15) is 0 Å². The molecule has 0 spiro atoms. The van der Waals surface area contributed by atoms with Crippen molar-refractivity contribution in [3.05, 3.63) is 29.3 Å². The Balaban J connectivity index is 1.87. The van der Waals surface area contributed by atoms with E-state index in [2.05, 4.69) is 42.7 Å². The molecule has 0 atom stereocenters. The van der Waals surface area contributed by atoms with E-state index in [1.165, 1.54) is 11.1 Å². The van der Waals surface area contributed by atoms with Crippen LogP contribution >= 0.6 is 12.2 Å². The summed E-state index contributed by atoms with van der Waals surface area (Å²) in [4.78, 5) is 0. The van der Waals surface area contributed by atoms with Crippen molar-refractivity contribution in [2.75, 3.05) is 5.32 Å². The predicted octanol–water partition coefficient (Wildman–Crippen LogP) is 2.89. The minimum atomic E-state index is -0.126. The number of hydrogen-bond donors (Lipinski definition) is 3. The molecular formula is C15H22N2OS. The first-order valence-corrected chi connectivity index (χ1v) is 7.27. The molecular weight excluding hydrogens is 256 g/mol. The van der Waals surface area contributed by atoms with Crippen molar-refractivity contribution >= 4 is 23.0 Å².